The van der Waals surface area contributed by atoms with E-state index < -0.39 is 122 Å². The van der Waals surface area contributed by atoms with E-state index in [9.17, 15) is 55.5 Å². The zero-order valence-electron chi connectivity index (χ0n) is 38.7. The normalized spacial score (nSPS) is 54.7. The van der Waals surface area contributed by atoms with E-state index in [1.54, 1.807) is 0 Å². The van der Waals surface area contributed by atoms with E-state index in [0.29, 0.717) is 12.8 Å². The van der Waals surface area contributed by atoms with Gasteiger partial charge in [-0.1, -0.05) is 61.0 Å². The van der Waals surface area contributed by atoms with Crippen LogP contribution in [-0.2, 0) is 38.0 Å². The smallest absolute Gasteiger partial charge is 0.335 e. The van der Waals surface area contributed by atoms with Crippen LogP contribution in [-0.4, -0.2) is 163 Å². The van der Waals surface area contributed by atoms with E-state index in [2.05, 4.69) is 55.4 Å². The van der Waals surface area contributed by atoms with Crippen LogP contribution < -0.4 is 0 Å². The molecule has 17 nitrogen and oxygen atoms in total. The average molecular weight is 911 g/mol. The lowest BCUT2D eigenvalue weighted by Crippen LogP contribution is -2.68. The molecule has 3 saturated heterocycles. The molecule has 8 aliphatic rings. The second-order valence-corrected chi connectivity index (χ2v) is 23.3. The minimum absolute atomic E-state index is 0.0494. The number of carbonyl (C=O) groups excluding carboxylic acids is 1. The molecule has 0 spiro atoms. The van der Waals surface area contributed by atoms with Crippen molar-refractivity contribution in [3.63, 3.8) is 0 Å². The van der Waals surface area contributed by atoms with E-state index in [4.69, 9.17) is 28.4 Å². The highest BCUT2D eigenvalue weighted by atomic mass is 16.8. The molecule has 5 aliphatic carbocycles. The minimum atomic E-state index is -2.00. The molecule has 364 valence electrons. The summed E-state index contributed by atoms with van der Waals surface area (Å²) in [5, 5.41) is 97.3. The number of carboxylic acid groups (broad SMARTS) is 1. The van der Waals surface area contributed by atoms with Crippen molar-refractivity contribution in [3.05, 3.63) is 11.6 Å². The molecule has 23 atom stereocenters. The summed E-state index contributed by atoms with van der Waals surface area (Å²) in [5.41, 5.74) is -0.893. The van der Waals surface area contributed by atoms with Crippen molar-refractivity contribution < 1.29 is 84.0 Å². The lowest BCUT2D eigenvalue weighted by molar-refractivity contribution is -0.386. The number of allylic oxidation sites excluding steroid dienone is 2. The van der Waals surface area contributed by atoms with Crippen LogP contribution in [0.3, 0.4) is 0 Å². The maximum atomic E-state index is 15.0. The zero-order chi connectivity index (χ0) is 47.0. The van der Waals surface area contributed by atoms with Crippen LogP contribution in [0.2, 0.25) is 0 Å². The van der Waals surface area contributed by atoms with Gasteiger partial charge < -0.3 is 74.4 Å². The highest BCUT2D eigenvalue weighted by Gasteiger charge is 2.71. The van der Waals surface area contributed by atoms with Crippen LogP contribution in [0.4, 0.5) is 0 Å². The maximum absolute atomic E-state index is 15.0. The van der Waals surface area contributed by atoms with Gasteiger partial charge in [-0.05, 0) is 103 Å². The first kappa shape index (κ1) is 48.8. The Hall–Kier alpha value is -1.68. The number of aliphatic hydroxyl groups excluding tert-OH is 8. The maximum Gasteiger partial charge on any atom is 0.335 e. The van der Waals surface area contributed by atoms with Gasteiger partial charge in [0.25, 0.3) is 0 Å². The van der Waals surface area contributed by atoms with Crippen LogP contribution in [0.1, 0.15) is 114 Å². The first-order chi connectivity index (χ1) is 29.6. The molecule has 4 saturated carbocycles. The third-order valence-electron chi connectivity index (χ3n) is 18.7. The molecule has 17 heteroatoms. The molecule has 3 heterocycles. The summed E-state index contributed by atoms with van der Waals surface area (Å²) in [7, 11) is 0. The number of carbonyl (C=O) groups is 2. The number of aliphatic carboxylic acids is 1. The van der Waals surface area contributed by atoms with Gasteiger partial charge >= 0.3 is 5.97 Å². The second kappa shape index (κ2) is 16.5. The standard InChI is InChI=1S/C47H74O17/c1-20-28(51)30(53)33(56)39(60-20)63-35-29(52)24(49)19-59-40(35)64-36-32(55)31(54)34(38(57)58)62-41(36)61-27-11-12-45(7)25(43(27,4)5)10-13-47(9)37(45)23(48)16-21-22-17-42(2,3)18-26(50)44(22,6)14-15-46(21,47)8/h16,20,22,24-37,39-41,49-56H,10-15,17-19H2,1-9H3,(H,57,58)/t20-,22+,24+,25-,26+,27+,28+,29+,30-,31-,32-,33-,34-,35-,36+,37-,39+,40-,41+,44-,45+,46-,47-/m1/s1. The summed E-state index contributed by atoms with van der Waals surface area (Å²) < 4.78 is 36.0. The van der Waals surface area contributed by atoms with Crippen molar-refractivity contribution in [1.82, 2.24) is 0 Å². The Balaban J connectivity index is 1.06. The number of ether oxygens (including phenoxy) is 6. The Morgan fingerprint density at radius 1 is 0.688 bits per heavy atom. The van der Waals surface area contributed by atoms with E-state index >= 15 is 0 Å². The van der Waals surface area contributed by atoms with Gasteiger partial charge in [0.15, 0.2) is 30.8 Å². The number of hydrogen-bond donors (Lipinski definition) is 9. The Labute approximate surface area is 375 Å². The van der Waals surface area contributed by atoms with Gasteiger partial charge in [-0.15, -0.1) is 0 Å². The molecule has 0 unspecified atom stereocenters. The fraction of sp³-hybridized carbons (Fsp3) is 0.915. The van der Waals surface area contributed by atoms with Gasteiger partial charge in [0.2, 0.25) is 0 Å². The Kier molecular flexibility index (Phi) is 12.6. The van der Waals surface area contributed by atoms with Gasteiger partial charge in [0, 0.05) is 11.3 Å². The summed E-state index contributed by atoms with van der Waals surface area (Å²) in [6, 6.07) is 0. The molecule has 0 amide bonds. The Morgan fingerprint density at radius 2 is 1.34 bits per heavy atom. The molecule has 0 aromatic heterocycles. The Morgan fingerprint density at radius 3 is 2.02 bits per heavy atom. The third kappa shape index (κ3) is 7.40. The second-order valence-electron chi connectivity index (χ2n) is 23.3. The van der Waals surface area contributed by atoms with E-state index in [1.807, 2.05) is 6.08 Å². The van der Waals surface area contributed by atoms with E-state index in [0.717, 1.165) is 38.5 Å². The van der Waals surface area contributed by atoms with Crippen LogP contribution in [0.25, 0.3) is 0 Å². The van der Waals surface area contributed by atoms with E-state index in [-0.39, 0.29) is 45.2 Å². The molecule has 0 aromatic rings. The summed E-state index contributed by atoms with van der Waals surface area (Å²) in [4.78, 5) is 27.4. The summed E-state index contributed by atoms with van der Waals surface area (Å²) >= 11 is 0. The number of aliphatic hydroxyl groups is 8. The molecule has 8 rings (SSSR count). The van der Waals surface area contributed by atoms with Crippen LogP contribution in [0.5, 0.6) is 0 Å². The van der Waals surface area contributed by atoms with Gasteiger partial charge in [0.1, 0.15) is 54.9 Å². The SMILES string of the molecule is C[C@H]1O[C@@H](O[C@H]2[C@@H](O[C@@H]3[C@@H](O[C@H]4CC[C@@]5(C)[C@H](CC[C@]6(C)[C@@H]5C(=O)C=C5[C@@H]7CC(C)(C)C[C@H](O)[C@]7(C)CC[C@]56C)C4(C)C)O[C@@H](C(=O)O)[C@H](O)[C@H]3O)OC[C@H](O)[C@@H]2O)[C@H](O)[C@H](O)[C@H]1O. The highest BCUT2D eigenvalue weighted by molar-refractivity contribution is 5.95. The minimum Gasteiger partial charge on any atom is -0.479 e. The largest absolute Gasteiger partial charge is 0.479 e. The molecule has 0 radical (unpaired) electrons. The molecular formula is C47H74O17. The summed E-state index contributed by atoms with van der Waals surface area (Å²) in [5.74, 6) is -1.67. The first-order valence-electron chi connectivity index (χ1n) is 23.4. The number of hydrogen-bond acceptors (Lipinski definition) is 16. The fourth-order valence-corrected chi connectivity index (χ4v) is 14.6. The number of rotatable bonds is 7. The first-order valence-corrected chi connectivity index (χ1v) is 23.4. The Bertz CT molecular complexity index is 1820. The molecule has 3 aliphatic heterocycles. The predicted octanol–water partition coefficient (Wildman–Crippen LogP) is 1.55. The summed E-state index contributed by atoms with van der Waals surface area (Å²) in [6.07, 6.45) is -16.4. The molecule has 0 aromatic carbocycles. The quantitative estimate of drug-likeness (QED) is 0.164. The van der Waals surface area contributed by atoms with Crippen molar-refractivity contribution in [1.29, 1.82) is 0 Å². The van der Waals surface area contributed by atoms with Crippen molar-refractivity contribution in [2.45, 2.75) is 212 Å². The number of ketones is 1. The molecule has 7 fully saturated rings. The van der Waals surface area contributed by atoms with Crippen molar-refractivity contribution in [2.24, 2.45) is 50.2 Å². The predicted molar refractivity (Wildman–Crippen MR) is 224 cm³/mol. The zero-order valence-corrected chi connectivity index (χ0v) is 38.7. The van der Waals surface area contributed by atoms with Gasteiger partial charge in [-0.25, -0.2) is 4.79 Å². The van der Waals surface area contributed by atoms with Crippen LogP contribution in [0, 0.1) is 50.2 Å². The monoisotopic (exact) mass is 910 g/mol. The van der Waals surface area contributed by atoms with Crippen LogP contribution in [0.15, 0.2) is 11.6 Å². The lowest BCUT2D eigenvalue weighted by Gasteiger charge is -2.71. The fourth-order valence-electron chi connectivity index (χ4n) is 14.6. The highest BCUT2D eigenvalue weighted by Crippen LogP contribution is 2.75. The molecule has 64 heavy (non-hydrogen) atoms. The third-order valence-corrected chi connectivity index (χ3v) is 18.7. The molecular weight excluding hydrogens is 837 g/mol. The van der Waals surface area contributed by atoms with Gasteiger partial charge in [0.05, 0.1) is 24.9 Å². The van der Waals surface area contributed by atoms with Crippen LogP contribution >= 0.6 is 0 Å². The molecule has 0 bridgehead atoms. The van der Waals surface area contributed by atoms with Crippen molar-refractivity contribution >= 4 is 11.8 Å². The number of fused-ring (bicyclic) bond motifs is 7. The van der Waals surface area contributed by atoms with Crippen molar-refractivity contribution in [2.75, 3.05) is 6.61 Å². The average Bonchev–Trinajstić information content (AvgIpc) is 3.20. The lowest BCUT2D eigenvalue weighted by atomic mass is 9.33. The summed E-state index contributed by atoms with van der Waals surface area (Å²) in [6.45, 7) is 18.7. The molecule has 9 N–H and O–H groups in total. The number of carboxylic acids is 1. The van der Waals surface area contributed by atoms with Crippen molar-refractivity contribution in [3.8, 4) is 0 Å². The van der Waals surface area contributed by atoms with Gasteiger partial charge in [-0.3, -0.25) is 4.79 Å². The van der Waals surface area contributed by atoms with Gasteiger partial charge in [-0.2, -0.15) is 0 Å². The van der Waals surface area contributed by atoms with E-state index in [1.165, 1.54) is 12.5 Å². The topological polar surface area (TPSA) is 272 Å².